The SMILES string of the molecule is CC(C)(C)OC(=O)N1CCN(c2ncc(-c3ccc(Cl)cc3)c(N3CCOCC3)n2)CC1. The van der Waals surface area contributed by atoms with E-state index in [-0.39, 0.29) is 6.09 Å². The number of nitrogens with zero attached hydrogens (tertiary/aromatic N) is 5. The maximum atomic E-state index is 12.4. The zero-order valence-electron chi connectivity index (χ0n) is 18.9. The van der Waals surface area contributed by atoms with Crippen LogP contribution in [0.4, 0.5) is 16.6 Å². The maximum absolute atomic E-state index is 12.4. The first-order valence-electron chi connectivity index (χ1n) is 11.0. The number of anilines is 2. The first kappa shape index (κ1) is 22.6. The molecular weight excluding hydrogens is 430 g/mol. The van der Waals surface area contributed by atoms with Crippen LogP contribution in [-0.4, -0.2) is 79.0 Å². The predicted octanol–water partition coefficient (Wildman–Crippen LogP) is 3.69. The monoisotopic (exact) mass is 459 g/mol. The Morgan fingerprint density at radius 2 is 1.66 bits per heavy atom. The van der Waals surface area contributed by atoms with Crippen molar-refractivity contribution in [3.05, 3.63) is 35.5 Å². The van der Waals surface area contributed by atoms with Crippen LogP contribution in [0.1, 0.15) is 20.8 Å². The number of aromatic nitrogens is 2. The minimum atomic E-state index is -0.498. The number of benzene rings is 1. The molecule has 2 aromatic rings. The van der Waals surface area contributed by atoms with E-state index >= 15 is 0 Å². The number of hydrogen-bond donors (Lipinski definition) is 0. The van der Waals surface area contributed by atoms with Gasteiger partial charge in [0.05, 0.1) is 13.2 Å². The van der Waals surface area contributed by atoms with E-state index in [1.54, 1.807) is 4.90 Å². The molecule has 0 N–H and O–H groups in total. The Labute approximate surface area is 194 Å². The summed E-state index contributed by atoms with van der Waals surface area (Å²) in [5.41, 5.74) is 1.50. The van der Waals surface area contributed by atoms with Gasteiger partial charge in [0.2, 0.25) is 5.95 Å². The summed E-state index contributed by atoms with van der Waals surface area (Å²) < 4.78 is 11.0. The molecule has 3 heterocycles. The van der Waals surface area contributed by atoms with Gasteiger partial charge in [-0.2, -0.15) is 4.98 Å². The zero-order chi connectivity index (χ0) is 22.7. The fourth-order valence-electron chi connectivity index (χ4n) is 3.78. The van der Waals surface area contributed by atoms with Crippen LogP contribution >= 0.6 is 11.6 Å². The van der Waals surface area contributed by atoms with Crippen LogP contribution < -0.4 is 9.80 Å². The molecule has 2 fully saturated rings. The highest BCUT2D eigenvalue weighted by Crippen LogP contribution is 2.31. The van der Waals surface area contributed by atoms with Crippen molar-refractivity contribution in [2.24, 2.45) is 0 Å². The Morgan fingerprint density at radius 1 is 1.00 bits per heavy atom. The summed E-state index contributed by atoms with van der Waals surface area (Å²) in [5.74, 6) is 1.57. The summed E-state index contributed by atoms with van der Waals surface area (Å²) in [6.07, 6.45) is 1.61. The van der Waals surface area contributed by atoms with Crippen molar-refractivity contribution < 1.29 is 14.3 Å². The standard InChI is InChI=1S/C23H30ClN5O3/c1-23(2,3)32-22(30)29-10-8-28(9-11-29)21-25-16-19(17-4-6-18(24)7-5-17)20(26-21)27-12-14-31-15-13-27/h4-7,16H,8-15H2,1-3H3. The van der Waals surface area contributed by atoms with Crippen molar-refractivity contribution in [1.82, 2.24) is 14.9 Å². The fraction of sp³-hybridized carbons (Fsp3) is 0.522. The molecule has 32 heavy (non-hydrogen) atoms. The molecule has 0 unspecified atom stereocenters. The fourth-order valence-corrected chi connectivity index (χ4v) is 3.91. The predicted molar refractivity (Wildman–Crippen MR) is 126 cm³/mol. The van der Waals surface area contributed by atoms with Gasteiger partial charge in [-0.3, -0.25) is 0 Å². The van der Waals surface area contributed by atoms with E-state index in [0.717, 1.165) is 30.0 Å². The number of carbonyl (C=O) groups is 1. The van der Waals surface area contributed by atoms with E-state index < -0.39 is 5.60 Å². The van der Waals surface area contributed by atoms with Crippen LogP contribution in [0.25, 0.3) is 11.1 Å². The molecule has 0 saturated carbocycles. The second-order valence-corrected chi connectivity index (χ2v) is 9.40. The summed E-state index contributed by atoms with van der Waals surface area (Å²) in [6.45, 7) is 11.0. The molecule has 1 amide bonds. The van der Waals surface area contributed by atoms with Gasteiger partial charge in [-0.25, -0.2) is 9.78 Å². The summed E-state index contributed by atoms with van der Waals surface area (Å²) in [7, 11) is 0. The first-order chi connectivity index (χ1) is 15.3. The van der Waals surface area contributed by atoms with E-state index in [9.17, 15) is 4.79 Å². The molecule has 2 saturated heterocycles. The molecule has 0 spiro atoms. The van der Waals surface area contributed by atoms with Gasteiger partial charge in [0.1, 0.15) is 11.4 Å². The second kappa shape index (κ2) is 9.50. The van der Waals surface area contributed by atoms with Crippen molar-refractivity contribution in [2.45, 2.75) is 26.4 Å². The van der Waals surface area contributed by atoms with Crippen molar-refractivity contribution in [2.75, 3.05) is 62.3 Å². The second-order valence-electron chi connectivity index (χ2n) is 8.97. The van der Waals surface area contributed by atoms with Gasteiger partial charge >= 0.3 is 6.09 Å². The number of halogens is 1. The quantitative estimate of drug-likeness (QED) is 0.693. The molecule has 1 aromatic heterocycles. The van der Waals surface area contributed by atoms with E-state index in [2.05, 4.69) is 14.8 Å². The number of carbonyl (C=O) groups excluding carboxylic acids is 1. The lowest BCUT2D eigenvalue weighted by atomic mass is 10.1. The minimum Gasteiger partial charge on any atom is -0.444 e. The summed E-state index contributed by atoms with van der Waals surface area (Å²) in [6, 6.07) is 7.74. The van der Waals surface area contributed by atoms with Crippen LogP contribution in [0.15, 0.2) is 30.5 Å². The molecule has 0 aliphatic carbocycles. The third kappa shape index (κ3) is 5.42. The van der Waals surface area contributed by atoms with Gasteiger partial charge in [0, 0.05) is 56.1 Å². The Balaban J connectivity index is 1.54. The van der Waals surface area contributed by atoms with E-state index in [4.69, 9.17) is 26.1 Å². The molecule has 1 aromatic carbocycles. The molecule has 2 aliphatic rings. The van der Waals surface area contributed by atoms with Crippen molar-refractivity contribution in [1.29, 1.82) is 0 Å². The lowest BCUT2D eigenvalue weighted by Gasteiger charge is -2.36. The summed E-state index contributed by atoms with van der Waals surface area (Å²) >= 11 is 6.08. The highest BCUT2D eigenvalue weighted by atomic mass is 35.5. The molecule has 4 rings (SSSR count). The number of hydrogen-bond acceptors (Lipinski definition) is 7. The van der Waals surface area contributed by atoms with Crippen molar-refractivity contribution >= 4 is 29.5 Å². The van der Waals surface area contributed by atoms with Gasteiger partial charge < -0.3 is 24.2 Å². The number of amides is 1. The van der Waals surface area contributed by atoms with Crippen LogP contribution in [0.3, 0.4) is 0 Å². The van der Waals surface area contributed by atoms with Crippen LogP contribution in [-0.2, 0) is 9.47 Å². The van der Waals surface area contributed by atoms with E-state index in [1.807, 2.05) is 51.2 Å². The molecular formula is C23H30ClN5O3. The Morgan fingerprint density at radius 3 is 2.28 bits per heavy atom. The van der Waals surface area contributed by atoms with Crippen LogP contribution in [0.5, 0.6) is 0 Å². The highest BCUT2D eigenvalue weighted by Gasteiger charge is 2.28. The average Bonchev–Trinajstić information content (AvgIpc) is 2.79. The Bertz CT molecular complexity index is 934. The van der Waals surface area contributed by atoms with Crippen molar-refractivity contribution in [3.8, 4) is 11.1 Å². The first-order valence-corrected chi connectivity index (χ1v) is 11.4. The number of morpholine rings is 1. The van der Waals surface area contributed by atoms with Crippen LogP contribution in [0.2, 0.25) is 5.02 Å². The smallest absolute Gasteiger partial charge is 0.410 e. The van der Waals surface area contributed by atoms with Gasteiger partial charge in [0.25, 0.3) is 0 Å². The average molecular weight is 460 g/mol. The number of ether oxygens (including phenoxy) is 2. The topological polar surface area (TPSA) is 71.0 Å². The Hall–Kier alpha value is -2.58. The van der Waals surface area contributed by atoms with Crippen LogP contribution in [0, 0.1) is 0 Å². The maximum Gasteiger partial charge on any atom is 0.410 e. The highest BCUT2D eigenvalue weighted by molar-refractivity contribution is 6.30. The van der Waals surface area contributed by atoms with Crippen molar-refractivity contribution in [3.63, 3.8) is 0 Å². The van der Waals surface area contributed by atoms with Gasteiger partial charge in [-0.15, -0.1) is 0 Å². The molecule has 0 radical (unpaired) electrons. The molecule has 0 atom stereocenters. The normalized spacial score (nSPS) is 17.4. The number of piperazine rings is 1. The largest absolute Gasteiger partial charge is 0.444 e. The summed E-state index contributed by atoms with van der Waals surface area (Å²) in [5, 5.41) is 0.696. The van der Waals surface area contributed by atoms with E-state index in [1.165, 1.54) is 0 Å². The minimum absolute atomic E-state index is 0.273. The van der Waals surface area contributed by atoms with Gasteiger partial charge in [0.15, 0.2) is 0 Å². The van der Waals surface area contributed by atoms with E-state index in [0.29, 0.717) is 50.4 Å². The zero-order valence-corrected chi connectivity index (χ0v) is 19.6. The van der Waals surface area contributed by atoms with Gasteiger partial charge in [-0.1, -0.05) is 23.7 Å². The molecule has 8 nitrogen and oxygen atoms in total. The number of rotatable bonds is 3. The molecule has 0 bridgehead atoms. The van der Waals surface area contributed by atoms with Gasteiger partial charge in [-0.05, 0) is 38.5 Å². The lowest BCUT2D eigenvalue weighted by Crippen LogP contribution is -2.50. The third-order valence-corrected chi connectivity index (χ3v) is 5.69. The third-order valence-electron chi connectivity index (χ3n) is 5.44. The lowest BCUT2D eigenvalue weighted by molar-refractivity contribution is 0.0240. The Kier molecular flexibility index (Phi) is 6.71. The molecule has 9 heteroatoms. The molecule has 2 aliphatic heterocycles. The molecule has 172 valence electrons. The summed E-state index contributed by atoms with van der Waals surface area (Å²) in [4.78, 5) is 28.1.